The number of amides is 2. The molecule has 30 heavy (non-hydrogen) atoms. The zero-order valence-corrected chi connectivity index (χ0v) is 16.8. The molecule has 1 aliphatic rings. The number of carbonyl (C=O) groups is 3. The summed E-state index contributed by atoms with van der Waals surface area (Å²) in [4.78, 5) is 48.4. The Morgan fingerprint density at radius 3 is 2.80 bits per heavy atom. The second kappa shape index (κ2) is 8.15. The van der Waals surface area contributed by atoms with Crippen molar-refractivity contribution in [3.63, 3.8) is 0 Å². The minimum absolute atomic E-state index is 0.0461. The van der Waals surface area contributed by atoms with Crippen molar-refractivity contribution in [2.24, 2.45) is 0 Å². The van der Waals surface area contributed by atoms with Gasteiger partial charge in [-0.2, -0.15) is 0 Å². The number of ketones is 1. The van der Waals surface area contributed by atoms with E-state index in [1.54, 1.807) is 43.5 Å². The minimum atomic E-state index is -0.546. The third-order valence-corrected chi connectivity index (χ3v) is 6.03. The van der Waals surface area contributed by atoms with E-state index in [-0.39, 0.29) is 41.4 Å². The molecule has 2 amide bonds. The van der Waals surface area contributed by atoms with E-state index in [4.69, 9.17) is 0 Å². The lowest BCUT2D eigenvalue weighted by atomic mass is 10.2. The molecule has 1 saturated heterocycles. The van der Waals surface area contributed by atoms with Crippen molar-refractivity contribution in [1.82, 2.24) is 25.4 Å². The van der Waals surface area contributed by atoms with E-state index in [0.717, 1.165) is 0 Å². The van der Waals surface area contributed by atoms with Gasteiger partial charge in [-0.15, -0.1) is 11.8 Å². The van der Waals surface area contributed by atoms with E-state index in [1.165, 1.54) is 22.8 Å². The first-order valence-corrected chi connectivity index (χ1v) is 10.3. The van der Waals surface area contributed by atoms with Gasteiger partial charge in [0, 0.05) is 24.6 Å². The average molecular weight is 425 g/mol. The van der Waals surface area contributed by atoms with Crippen molar-refractivity contribution in [3.05, 3.63) is 54.0 Å². The zero-order chi connectivity index (χ0) is 21.3. The van der Waals surface area contributed by atoms with Crippen molar-refractivity contribution in [1.29, 1.82) is 0 Å². The monoisotopic (exact) mass is 425 g/mol. The lowest BCUT2D eigenvalue weighted by molar-refractivity contribution is -0.140. The summed E-state index contributed by atoms with van der Waals surface area (Å²) in [5.74, 6) is -0.872. The summed E-state index contributed by atoms with van der Waals surface area (Å²) in [6, 6.07) is 10.2. The predicted octanol–water partition coefficient (Wildman–Crippen LogP) is 2.32. The SMILES string of the molecule is CC1SC(c2ccccc2O)N(NC(=O)CCC(=O)c2nc3ncccc3[nH]2)C1=O. The molecular formula is C20H19N5O4S. The molecule has 0 spiro atoms. The maximum absolute atomic E-state index is 12.5. The molecule has 3 N–H and O–H groups in total. The summed E-state index contributed by atoms with van der Waals surface area (Å²) in [6.07, 6.45) is 1.40. The van der Waals surface area contributed by atoms with Gasteiger partial charge >= 0.3 is 0 Å². The van der Waals surface area contributed by atoms with Crippen molar-refractivity contribution < 1.29 is 19.5 Å². The number of Topliss-reactive ketones (excluding diaryl/α,β-unsaturated/α-hetero) is 1. The summed E-state index contributed by atoms with van der Waals surface area (Å²) in [5.41, 5.74) is 4.20. The second-order valence-corrected chi connectivity index (χ2v) is 8.24. The quantitative estimate of drug-likeness (QED) is 0.517. The van der Waals surface area contributed by atoms with E-state index < -0.39 is 11.3 Å². The fourth-order valence-corrected chi connectivity index (χ4v) is 4.40. The molecule has 4 rings (SSSR count). The molecule has 0 radical (unpaired) electrons. The highest BCUT2D eigenvalue weighted by atomic mass is 32.2. The normalized spacial score (nSPS) is 18.7. The van der Waals surface area contributed by atoms with Crippen LogP contribution in [0.2, 0.25) is 0 Å². The Bertz CT molecular complexity index is 1100. The van der Waals surface area contributed by atoms with E-state index >= 15 is 0 Å². The molecule has 0 bridgehead atoms. The maximum atomic E-state index is 12.5. The van der Waals surface area contributed by atoms with Crippen LogP contribution in [0.1, 0.15) is 41.3 Å². The number of pyridine rings is 1. The van der Waals surface area contributed by atoms with Gasteiger partial charge in [0.1, 0.15) is 11.1 Å². The molecule has 2 unspecified atom stereocenters. The number of thioether (sulfide) groups is 1. The summed E-state index contributed by atoms with van der Waals surface area (Å²) in [7, 11) is 0. The lowest BCUT2D eigenvalue weighted by Gasteiger charge is -2.25. The van der Waals surface area contributed by atoms with Crippen LogP contribution in [0.5, 0.6) is 5.75 Å². The number of aromatic hydroxyl groups is 1. The van der Waals surface area contributed by atoms with E-state index in [0.29, 0.717) is 16.7 Å². The molecule has 2 atom stereocenters. The van der Waals surface area contributed by atoms with Crippen LogP contribution in [-0.4, -0.2) is 47.9 Å². The fraction of sp³-hybridized carbons (Fsp3) is 0.250. The molecule has 1 aliphatic heterocycles. The van der Waals surface area contributed by atoms with Gasteiger partial charge in [0.05, 0.1) is 10.8 Å². The smallest absolute Gasteiger partial charge is 0.255 e. The third kappa shape index (κ3) is 3.86. The number of nitrogens with one attached hydrogen (secondary N) is 2. The Kier molecular flexibility index (Phi) is 5.40. The standard InChI is InChI=1S/C20H19N5O4S/c1-11-19(29)25(20(30-11)12-5-2-3-7-14(12)26)24-16(28)9-8-15(27)18-22-13-6-4-10-21-17(13)23-18/h2-7,10-11,20,26H,8-9H2,1H3,(H,24,28)(H,21,22,23). The van der Waals surface area contributed by atoms with Crippen LogP contribution in [-0.2, 0) is 9.59 Å². The molecule has 0 saturated carbocycles. The Labute approximate surface area is 175 Å². The number of para-hydroxylation sites is 1. The molecule has 10 heteroatoms. The first-order chi connectivity index (χ1) is 14.4. The summed E-state index contributed by atoms with van der Waals surface area (Å²) >= 11 is 1.33. The number of fused-ring (bicyclic) bond motifs is 1. The van der Waals surface area contributed by atoms with Crippen LogP contribution in [0.3, 0.4) is 0 Å². The molecule has 1 aromatic carbocycles. The van der Waals surface area contributed by atoms with E-state index in [1.807, 2.05) is 0 Å². The van der Waals surface area contributed by atoms with Crippen LogP contribution < -0.4 is 5.43 Å². The highest BCUT2D eigenvalue weighted by Crippen LogP contribution is 2.44. The minimum Gasteiger partial charge on any atom is -0.508 e. The highest BCUT2D eigenvalue weighted by Gasteiger charge is 2.40. The Morgan fingerprint density at radius 1 is 1.23 bits per heavy atom. The number of phenolic OH excluding ortho intramolecular Hbond substituents is 1. The van der Waals surface area contributed by atoms with Gasteiger partial charge in [-0.25, -0.2) is 15.0 Å². The summed E-state index contributed by atoms with van der Waals surface area (Å²) in [6.45, 7) is 1.74. The van der Waals surface area contributed by atoms with E-state index in [9.17, 15) is 19.5 Å². The highest BCUT2D eigenvalue weighted by molar-refractivity contribution is 8.01. The molecule has 154 valence electrons. The number of carbonyl (C=O) groups excluding carboxylic acids is 3. The number of phenols is 1. The number of aromatic nitrogens is 3. The van der Waals surface area contributed by atoms with Gasteiger partial charge in [0.25, 0.3) is 5.91 Å². The lowest BCUT2D eigenvalue weighted by Crippen LogP contribution is -2.45. The van der Waals surface area contributed by atoms with Crippen molar-refractivity contribution in [2.45, 2.75) is 30.4 Å². The number of hydrazine groups is 1. The zero-order valence-electron chi connectivity index (χ0n) is 16.0. The maximum Gasteiger partial charge on any atom is 0.255 e. The summed E-state index contributed by atoms with van der Waals surface area (Å²) in [5, 5.41) is 10.4. The number of aromatic amines is 1. The number of rotatable bonds is 6. The molecule has 0 aliphatic carbocycles. The number of hydrogen-bond acceptors (Lipinski definition) is 7. The first kappa shape index (κ1) is 19.9. The Balaban J connectivity index is 1.41. The van der Waals surface area contributed by atoms with Gasteiger partial charge in [-0.3, -0.25) is 19.8 Å². The number of nitrogens with zero attached hydrogens (tertiary/aromatic N) is 3. The molecule has 2 aromatic heterocycles. The third-order valence-electron chi connectivity index (χ3n) is 4.70. The molecule has 1 fully saturated rings. The fourth-order valence-electron chi connectivity index (χ4n) is 3.16. The molecular weight excluding hydrogens is 406 g/mol. The Hall–Kier alpha value is -3.40. The van der Waals surface area contributed by atoms with E-state index in [2.05, 4.69) is 20.4 Å². The van der Waals surface area contributed by atoms with Gasteiger partial charge in [0.15, 0.2) is 17.3 Å². The van der Waals surface area contributed by atoms with Gasteiger partial charge in [-0.05, 0) is 25.1 Å². The van der Waals surface area contributed by atoms with Gasteiger partial charge < -0.3 is 10.1 Å². The topological polar surface area (TPSA) is 128 Å². The van der Waals surface area contributed by atoms with Crippen LogP contribution in [0.15, 0.2) is 42.6 Å². The number of H-pyrrole nitrogens is 1. The van der Waals surface area contributed by atoms with Gasteiger partial charge in [-0.1, -0.05) is 18.2 Å². The van der Waals surface area contributed by atoms with Crippen molar-refractivity contribution in [3.8, 4) is 5.75 Å². The predicted molar refractivity (Wildman–Crippen MR) is 110 cm³/mol. The van der Waals surface area contributed by atoms with Crippen LogP contribution >= 0.6 is 11.8 Å². The number of hydrogen-bond donors (Lipinski definition) is 3. The molecule has 9 nitrogen and oxygen atoms in total. The molecule has 3 aromatic rings. The van der Waals surface area contributed by atoms with Crippen molar-refractivity contribution >= 4 is 40.5 Å². The van der Waals surface area contributed by atoms with Crippen LogP contribution in [0, 0.1) is 0 Å². The average Bonchev–Trinajstić information content (AvgIpc) is 3.29. The largest absolute Gasteiger partial charge is 0.508 e. The number of benzene rings is 1. The van der Waals surface area contributed by atoms with Crippen molar-refractivity contribution in [2.75, 3.05) is 0 Å². The summed E-state index contributed by atoms with van der Waals surface area (Å²) < 4.78 is 0. The van der Waals surface area contributed by atoms with Crippen LogP contribution in [0.25, 0.3) is 11.2 Å². The second-order valence-electron chi connectivity index (χ2n) is 6.82. The first-order valence-electron chi connectivity index (χ1n) is 9.34. The molecule has 3 heterocycles. The number of imidazole rings is 1. The van der Waals surface area contributed by atoms with Crippen LogP contribution in [0.4, 0.5) is 0 Å². The van der Waals surface area contributed by atoms with Gasteiger partial charge in [0.2, 0.25) is 5.91 Å². The Morgan fingerprint density at radius 2 is 2.03 bits per heavy atom.